The van der Waals surface area contributed by atoms with Crippen molar-refractivity contribution in [1.29, 1.82) is 0 Å². The van der Waals surface area contributed by atoms with Crippen molar-refractivity contribution >= 4 is 17.5 Å². The number of phenols is 2. The zero-order valence-corrected chi connectivity index (χ0v) is 15.8. The summed E-state index contributed by atoms with van der Waals surface area (Å²) in [6.07, 6.45) is 2.69. The summed E-state index contributed by atoms with van der Waals surface area (Å²) in [4.78, 5) is 37.7. The molecule has 1 unspecified atom stereocenters. The number of aliphatic hydroxyl groups excluding tert-OH is 1. The van der Waals surface area contributed by atoms with Crippen LogP contribution < -0.4 is 0 Å². The molecule has 3 aliphatic carbocycles. The summed E-state index contributed by atoms with van der Waals surface area (Å²) >= 11 is 0. The molecule has 1 aromatic rings. The number of rotatable bonds is 3. The van der Waals surface area contributed by atoms with Gasteiger partial charge >= 0.3 is 5.97 Å². The fourth-order valence-corrected chi connectivity index (χ4v) is 4.36. The van der Waals surface area contributed by atoms with E-state index in [0.29, 0.717) is 30.6 Å². The van der Waals surface area contributed by atoms with E-state index in [-0.39, 0.29) is 52.2 Å². The van der Waals surface area contributed by atoms with Crippen molar-refractivity contribution in [2.24, 2.45) is 0 Å². The van der Waals surface area contributed by atoms with Gasteiger partial charge in [0.25, 0.3) is 0 Å². The number of Topliss-reactive ketones (excluding diaryl/α,β-unsaturated/α-hetero) is 2. The molecule has 0 heterocycles. The molecular formula is C21H20O8. The number of methoxy groups -OCH3 is 1. The van der Waals surface area contributed by atoms with E-state index in [1.165, 1.54) is 7.11 Å². The monoisotopic (exact) mass is 400 g/mol. The van der Waals surface area contributed by atoms with Crippen LogP contribution >= 0.6 is 0 Å². The van der Waals surface area contributed by atoms with Crippen molar-refractivity contribution in [1.82, 2.24) is 0 Å². The lowest BCUT2D eigenvalue weighted by Crippen LogP contribution is -2.30. The number of hydrogen-bond donors (Lipinski definition) is 3. The van der Waals surface area contributed by atoms with Crippen molar-refractivity contribution in [3.8, 4) is 11.5 Å². The summed E-state index contributed by atoms with van der Waals surface area (Å²) in [5.74, 6) is -2.20. The zero-order valence-electron chi connectivity index (χ0n) is 15.8. The van der Waals surface area contributed by atoms with Crippen LogP contribution in [0.5, 0.6) is 11.5 Å². The standard InChI is InChI=1S/C21H20O8/c1-28-13-4-2-3-11-15(13)21(27)17-16(19(11)25)20(26)12-7-9(29-14(23)8-22)5-6-10(12)18(17)24/h3,9,22,24,26H,2,4-8H2,1H3. The minimum Gasteiger partial charge on any atom is -0.507 e. The Hall–Kier alpha value is -3.13. The Balaban J connectivity index is 1.87. The Morgan fingerprint density at radius 3 is 2.48 bits per heavy atom. The van der Waals surface area contributed by atoms with Gasteiger partial charge in [0.05, 0.1) is 23.8 Å². The Morgan fingerprint density at radius 2 is 1.79 bits per heavy atom. The summed E-state index contributed by atoms with van der Waals surface area (Å²) in [5.41, 5.74) is 0.505. The summed E-state index contributed by atoms with van der Waals surface area (Å²) in [5, 5.41) is 30.6. The number of hydrogen-bond acceptors (Lipinski definition) is 8. The average molecular weight is 400 g/mol. The zero-order chi connectivity index (χ0) is 20.9. The number of aromatic hydroxyl groups is 2. The van der Waals surface area contributed by atoms with Crippen molar-refractivity contribution in [2.75, 3.05) is 13.7 Å². The molecule has 0 aromatic heterocycles. The smallest absolute Gasteiger partial charge is 0.332 e. The lowest BCUT2D eigenvalue weighted by molar-refractivity contribution is -0.152. The summed E-state index contributed by atoms with van der Waals surface area (Å²) in [6.45, 7) is -0.761. The maximum absolute atomic E-state index is 13.2. The Bertz CT molecular complexity index is 1010. The second-order valence-electron chi connectivity index (χ2n) is 7.23. The topological polar surface area (TPSA) is 130 Å². The van der Waals surface area contributed by atoms with Gasteiger partial charge in [0.15, 0.2) is 5.78 Å². The van der Waals surface area contributed by atoms with Crippen molar-refractivity contribution in [2.45, 2.75) is 38.2 Å². The van der Waals surface area contributed by atoms with Gasteiger partial charge in [-0.2, -0.15) is 0 Å². The highest BCUT2D eigenvalue weighted by atomic mass is 16.6. The highest BCUT2D eigenvalue weighted by Gasteiger charge is 2.43. The number of carbonyl (C=O) groups excluding carboxylic acids is 3. The van der Waals surface area contributed by atoms with Crippen LogP contribution in [0.25, 0.3) is 0 Å². The van der Waals surface area contributed by atoms with Crippen LogP contribution in [0.15, 0.2) is 23.0 Å². The van der Waals surface area contributed by atoms with Gasteiger partial charge in [-0.15, -0.1) is 0 Å². The first-order valence-electron chi connectivity index (χ1n) is 9.36. The molecule has 1 aromatic carbocycles. The molecule has 0 bridgehead atoms. The van der Waals surface area contributed by atoms with Crippen LogP contribution in [0.1, 0.15) is 51.1 Å². The fourth-order valence-electron chi connectivity index (χ4n) is 4.36. The average Bonchev–Trinajstić information content (AvgIpc) is 2.73. The molecule has 8 nitrogen and oxygen atoms in total. The van der Waals surface area contributed by atoms with E-state index in [1.807, 2.05) is 0 Å². The third-order valence-electron chi connectivity index (χ3n) is 5.68. The SMILES string of the molecule is COC1=C2C(=O)c3c(O)c4c(c(O)c3C(=O)C2=CCC1)CC(OC(=O)CO)CC4. The first kappa shape index (κ1) is 19.2. The molecule has 1 atom stereocenters. The van der Waals surface area contributed by atoms with Gasteiger partial charge < -0.3 is 24.8 Å². The minimum absolute atomic E-state index is 0.0697. The number of ketones is 2. The third-order valence-corrected chi connectivity index (χ3v) is 5.68. The summed E-state index contributed by atoms with van der Waals surface area (Å²) in [7, 11) is 1.43. The Kier molecular flexibility index (Phi) is 4.66. The number of phenolic OH excluding ortho intramolecular Hbond substituents is 2. The highest BCUT2D eigenvalue weighted by Crippen LogP contribution is 2.48. The number of allylic oxidation sites excluding steroid dienone is 4. The molecular weight excluding hydrogens is 380 g/mol. The quantitative estimate of drug-likeness (QED) is 0.514. The van der Waals surface area contributed by atoms with Crippen LogP contribution in [0.3, 0.4) is 0 Å². The number of fused-ring (bicyclic) bond motifs is 3. The number of ether oxygens (including phenoxy) is 2. The lowest BCUT2D eigenvalue weighted by atomic mass is 9.74. The van der Waals surface area contributed by atoms with Crippen LogP contribution in [-0.4, -0.2) is 52.7 Å². The molecule has 3 N–H and O–H groups in total. The van der Waals surface area contributed by atoms with Gasteiger partial charge in [0.2, 0.25) is 5.78 Å². The molecule has 4 rings (SSSR count). The maximum atomic E-state index is 13.2. The van der Waals surface area contributed by atoms with E-state index < -0.39 is 30.2 Å². The maximum Gasteiger partial charge on any atom is 0.332 e. The van der Waals surface area contributed by atoms with E-state index >= 15 is 0 Å². The summed E-state index contributed by atoms with van der Waals surface area (Å²) in [6, 6.07) is 0. The number of carbonyl (C=O) groups is 3. The number of aliphatic hydroxyl groups is 1. The normalized spacial score (nSPS) is 20.5. The second-order valence-corrected chi connectivity index (χ2v) is 7.23. The molecule has 0 saturated heterocycles. The largest absolute Gasteiger partial charge is 0.507 e. The summed E-state index contributed by atoms with van der Waals surface area (Å²) < 4.78 is 10.4. The van der Waals surface area contributed by atoms with E-state index in [0.717, 1.165) is 0 Å². The van der Waals surface area contributed by atoms with Gasteiger partial charge in [-0.05, 0) is 19.3 Å². The molecule has 0 amide bonds. The lowest BCUT2D eigenvalue weighted by Gasteiger charge is -2.31. The molecule has 8 heteroatoms. The highest BCUT2D eigenvalue weighted by molar-refractivity contribution is 6.33. The van der Waals surface area contributed by atoms with Crippen molar-refractivity contribution in [3.63, 3.8) is 0 Å². The van der Waals surface area contributed by atoms with E-state index in [9.17, 15) is 24.6 Å². The van der Waals surface area contributed by atoms with Crippen LogP contribution in [0.2, 0.25) is 0 Å². The predicted molar refractivity (Wildman–Crippen MR) is 98.8 cm³/mol. The minimum atomic E-state index is -0.791. The molecule has 29 heavy (non-hydrogen) atoms. The molecule has 0 saturated carbocycles. The van der Waals surface area contributed by atoms with Crippen molar-refractivity contribution < 1.29 is 39.2 Å². The molecule has 0 spiro atoms. The molecule has 3 aliphatic rings. The van der Waals surface area contributed by atoms with Gasteiger partial charge in [-0.3, -0.25) is 9.59 Å². The fraction of sp³-hybridized carbons (Fsp3) is 0.381. The molecule has 0 fully saturated rings. The van der Waals surface area contributed by atoms with E-state index in [2.05, 4.69) is 0 Å². The van der Waals surface area contributed by atoms with E-state index in [1.54, 1.807) is 6.08 Å². The third kappa shape index (κ3) is 2.82. The van der Waals surface area contributed by atoms with E-state index in [4.69, 9.17) is 14.6 Å². The van der Waals surface area contributed by atoms with Gasteiger partial charge in [-0.25, -0.2) is 4.79 Å². The Morgan fingerprint density at radius 1 is 1.10 bits per heavy atom. The first-order chi connectivity index (χ1) is 13.9. The number of esters is 1. The Labute approximate surface area is 166 Å². The van der Waals surface area contributed by atoms with Crippen molar-refractivity contribution in [3.05, 3.63) is 45.2 Å². The molecule has 0 aliphatic heterocycles. The van der Waals surface area contributed by atoms with Crippen LogP contribution in [0.4, 0.5) is 0 Å². The van der Waals surface area contributed by atoms with Gasteiger partial charge in [0, 0.05) is 29.5 Å². The van der Waals surface area contributed by atoms with Crippen LogP contribution in [-0.2, 0) is 27.1 Å². The molecule has 152 valence electrons. The second kappa shape index (κ2) is 7.04. The van der Waals surface area contributed by atoms with Gasteiger partial charge in [-0.1, -0.05) is 6.08 Å². The van der Waals surface area contributed by atoms with Crippen LogP contribution in [0, 0.1) is 0 Å². The predicted octanol–water partition coefficient (Wildman–Crippen LogP) is 1.49. The first-order valence-corrected chi connectivity index (χ1v) is 9.36. The number of benzene rings is 1. The molecule has 0 radical (unpaired) electrons. The van der Waals surface area contributed by atoms with Gasteiger partial charge in [0.1, 0.15) is 30.0 Å².